The van der Waals surface area contributed by atoms with E-state index in [1.54, 1.807) is 19.1 Å². The Morgan fingerprint density at radius 1 is 0.652 bits per heavy atom. The van der Waals surface area contributed by atoms with E-state index in [2.05, 4.69) is 0 Å². The minimum atomic E-state index is -1.28. The van der Waals surface area contributed by atoms with Crippen LogP contribution >= 0.6 is 0 Å². The molecule has 5 rings (SSSR count). The molecule has 0 unspecified atom stereocenters. The molecule has 2 aliphatic rings. The molecule has 8 heteroatoms. The zero-order chi connectivity index (χ0) is 32.8. The molecule has 0 aromatic heterocycles. The Morgan fingerprint density at radius 2 is 1.22 bits per heavy atom. The van der Waals surface area contributed by atoms with Gasteiger partial charge in [-0.3, -0.25) is 0 Å². The number of hydrogen-bond acceptors (Lipinski definition) is 2. The fraction of sp³-hybridized carbons (Fsp3) is 0.474. The first-order valence-corrected chi connectivity index (χ1v) is 16.5. The summed E-state index contributed by atoms with van der Waals surface area (Å²) in [5.41, 5.74) is 0.428. The summed E-state index contributed by atoms with van der Waals surface area (Å²) in [5, 5.41) is 0. The lowest BCUT2D eigenvalue weighted by Gasteiger charge is -2.33. The summed E-state index contributed by atoms with van der Waals surface area (Å²) in [6.07, 6.45) is 11.0. The first kappa shape index (κ1) is 34.1. The minimum Gasteiger partial charge on any atom is -0.491 e. The highest BCUT2D eigenvalue weighted by molar-refractivity contribution is 5.66. The summed E-state index contributed by atoms with van der Waals surface area (Å²) in [6.45, 7) is 4.25. The van der Waals surface area contributed by atoms with Crippen LogP contribution in [0.4, 0.5) is 26.3 Å². The molecule has 46 heavy (non-hydrogen) atoms. The molecule has 0 atom stereocenters. The minimum absolute atomic E-state index is 0.0268. The van der Waals surface area contributed by atoms with E-state index < -0.39 is 34.9 Å². The molecular weight excluding hydrogens is 602 g/mol. The molecule has 0 saturated heterocycles. The highest BCUT2D eigenvalue weighted by Gasteiger charge is 2.30. The molecule has 2 saturated carbocycles. The van der Waals surface area contributed by atoms with Crippen molar-refractivity contribution < 1.29 is 35.8 Å². The van der Waals surface area contributed by atoms with E-state index in [0.29, 0.717) is 49.3 Å². The molecule has 3 aromatic carbocycles. The summed E-state index contributed by atoms with van der Waals surface area (Å²) in [6, 6.07) is 8.67. The molecule has 0 N–H and O–H groups in total. The smallest absolute Gasteiger partial charge is 0.201 e. The zero-order valence-electron chi connectivity index (χ0n) is 26.5. The van der Waals surface area contributed by atoms with E-state index >= 15 is 8.78 Å². The highest BCUT2D eigenvalue weighted by Crippen LogP contribution is 2.41. The number of halogens is 6. The number of benzene rings is 3. The zero-order valence-corrected chi connectivity index (χ0v) is 26.5. The summed E-state index contributed by atoms with van der Waals surface area (Å²) in [4.78, 5) is 0. The molecule has 0 bridgehead atoms. The van der Waals surface area contributed by atoms with Crippen molar-refractivity contribution >= 4 is 0 Å². The van der Waals surface area contributed by atoms with E-state index in [-0.39, 0.29) is 47.0 Å². The van der Waals surface area contributed by atoms with Gasteiger partial charge in [-0.25, -0.2) is 22.0 Å². The standard InChI is InChI=1S/C38H42F6O2/c1-3-5-6-7-26-14-17-28(34(40)33(26)39)25-12-15-27(16-13-25)46-22-23-8-10-24(11-9-23)29-18-19-30(36(42)35(29)41)31-20-21-32(45-4-2)38(44)37(31)43/h3,5,14,17-21,23-25,27H,4,6-13,15-16,22H2,1-2H3/b5-3+. The van der Waals surface area contributed by atoms with Crippen LogP contribution in [0.3, 0.4) is 0 Å². The summed E-state index contributed by atoms with van der Waals surface area (Å²) in [5.74, 6) is -6.37. The average molecular weight is 645 g/mol. The lowest BCUT2D eigenvalue weighted by Crippen LogP contribution is -2.26. The number of allylic oxidation sites excluding steroid dienone is 2. The van der Waals surface area contributed by atoms with Gasteiger partial charge in [-0.15, -0.1) is 0 Å². The van der Waals surface area contributed by atoms with Crippen molar-refractivity contribution in [2.75, 3.05) is 13.2 Å². The molecule has 0 radical (unpaired) electrons. The van der Waals surface area contributed by atoms with Crippen molar-refractivity contribution in [2.24, 2.45) is 5.92 Å². The molecule has 0 spiro atoms. The molecule has 248 valence electrons. The van der Waals surface area contributed by atoms with E-state index in [1.807, 2.05) is 19.1 Å². The molecule has 2 nitrogen and oxygen atoms in total. The van der Waals surface area contributed by atoms with Crippen LogP contribution in [-0.2, 0) is 11.2 Å². The molecule has 2 fully saturated rings. The Bertz CT molecular complexity index is 1520. The van der Waals surface area contributed by atoms with Crippen LogP contribution in [-0.4, -0.2) is 19.3 Å². The molecule has 0 heterocycles. The van der Waals surface area contributed by atoms with Gasteiger partial charge in [0, 0.05) is 17.7 Å². The second-order valence-electron chi connectivity index (χ2n) is 12.6. The van der Waals surface area contributed by atoms with Crippen LogP contribution in [0.5, 0.6) is 5.75 Å². The third-order valence-corrected chi connectivity index (χ3v) is 9.73. The van der Waals surface area contributed by atoms with Gasteiger partial charge in [0.25, 0.3) is 0 Å². The Balaban J connectivity index is 1.11. The van der Waals surface area contributed by atoms with E-state index in [0.717, 1.165) is 38.5 Å². The number of ether oxygens (including phenoxy) is 2. The van der Waals surface area contributed by atoms with Gasteiger partial charge in [-0.2, -0.15) is 4.39 Å². The van der Waals surface area contributed by atoms with Gasteiger partial charge in [0.2, 0.25) is 5.82 Å². The lowest BCUT2D eigenvalue weighted by molar-refractivity contribution is -0.00294. The predicted molar refractivity (Wildman–Crippen MR) is 168 cm³/mol. The first-order chi connectivity index (χ1) is 22.2. The number of hydrogen-bond donors (Lipinski definition) is 0. The largest absolute Gasteiger partial charge is 0.491 e. The van der Waals surface area contributed by atoms with Gasteiger partial charge in [0.1, 0.15) is 0 Å². The van der Waals surface area contributed by atoms with Gasteiger partial charge >= 0.3 is 0 Å². The van der Waals surface area contributed by atoms with E-state index in [4.69, 9.17) is 9.47 Å². The average Bonchev–Trinajstić information content (AvgIpc) is 3.07. The van der Waals surface area contributed by atoms with E-state index in [9.17, 15) is 17.6 Å². The van der Waals surface area contributed by atoms with E-state index in [1.165, 1.54) is 24.3 Å². The van der Waals surface area contributed by atoms with Crippen molar-refractivity contribution in [1.82, 2.24) is 0 Å². The van der Waals surface area contributed by atoms with Crippen molar-refractivity contribution in [2.45, 2.75) is 96.0 Å². The van der Waals surface area contributed by atoms with Crippen LogP contribution in [0.15, 0.2) is 48.6 Å². The number of aryl methyl sites for hydroxylation is 1. The maximum absolute atomic E-state index is 15.2. The maximum Gasteiger partial charge on any atom is 0.201 e. The van der Waals surface area contributed by atoms with Crippen molar-refractivity contribution in [1.29, 1.82) is 0 Å². The van der Waals surface area contributed by atoms with Gasteiger partial charge in [-0.1, -0.05) is 36.4 Å². The van der Waals surface area contributed by atoms with Crippen LogP contribution < -0.4 is 4.74 Å². The van der Waals surface area contributed by atoms with Crippen molar-refractivity contribution in [3.05, 3.63) is 100 Å². The summed E-state index contributed by atoms with van der Waals surface area (Å²) < 4.78 is 100. The van der Waals surface area contributed by atoms with Crippen molar-refractivity contribution in [3.8, 4) is 16.9 Å². The number of rotatable bonds is 11. The molecule has 3 aromatic rings. The third kappa shape index (κ3) is 7.48. The first-order valence-electron chi connectivity index (χ1n) is 16.5. The highest BCUT2D eigenvalue weighted by atomic mass is 19.2. The molecule has 0 amide bonds. The Hall–Kier alpha value is -3.26. The third-order valence-electron chi connectivity index (χ3n) is 9.73. The summed E-state index contributed by atoms with van der Waals surface area (Å²) >= 11 is 0. The molecule has 2 aliphatic carbocycles. The molecule has 0 aliphatic heterocycles. The summed E-state index contributed by atoms with van der Waals surface area (Å²) in [7, 11) is 0. The SMILES string of the molecule is C/C=C/CCc1ccc(C2CCC(OCC3CCC(c4ccc(-c5ccc(OCC)c(F)c5F)c(F)c4F)CC3)CC2)c(F)c1F. The van der Waals surface area contributed by atoms with Crippen LogP contribution in [0.25, 0.3) is 11.1 Å². The van der Waals surface area contributed by atoms with Crippen LogP contribution in [0.2, 0.25) is 0 Å². The second kappa shape index (κ2) is 15.6. The van der Waals surface area contributed by atoms with Gasteiger partial charge < -0.3 is 9.47 Å². The topological polar surface area (TPSA) is 18.5 Å². The Labute approximate surface area is 267 Å². The second-order valence-corrected chi connectivity index (χ2v) is 12.6. The van der Waals surface area contributed by atoms with Crippen LogP contribution in [0.1, 0.15) is 100 Å². The fourth-order valence-electron chi connectivity index (χ4n) is 7.07. The monoisotopic (exact) mass is 644 g/mol. The quantitative estimate of drug-likeness (QED) is 0.153. The van der Waals surface area contributed by atoms with Gasteiger partial charge in [-0.05, 0) is 125 Å². The normalized spacial score (nSPS) is 22.0. The van der Waals surface area contributed by atoms with Crippen LogP contribution in [0, 0.1) is 40.8 Å². The van der Waals surface area contributed by atoms with Crippen molar-refractivity contribution in [3.63, 3.8) is 0 Å². The maximum atomic E-state index is 15.2. The fourth-order valence-corrected chi connectivity index (χ4v) is 7.07. The lowest BCUT2D eigenvalue weighted by atomic mass is 9.78. The Morgan fingerprint density at radius 3 is 1.85 bits per heavy atom. The predicted octanol–water partition coefficient (Wildman–Crippen LogP) is 11.1. The van der Waals surface area contributed by atoms with Gasteiger partial charge in [0.15, 0.2) is 34.8 Å². The Kier molecular flexibility index (Phi) is 11.5. The van der Waals surface area contributed by atoms with Gasteiger partial charge in [0.05, 0.1) is 12.7 Å². The molecular formula is C38H42F6O2.